The maximum absolute atomic E-state index is 13.1. The Hall–Kier alpha value is -4.89. The summed E-state index contributed by atoms with van der Waals surface area (Å²) >= 11 is 0. The number of anilines is 1. The highest BCUT2D eigenvalue weighted by molar-refractivity contribution is 5.90. The smallest absolute Gasteiger partial charge is 0.392 e. The van der Waals surface area contributed by atoms with Gasteiger partial charge in [0.05, 0.1) is 18.8 Å². The first kappa shape index (κ1) is 37.4. The molecule has 14 heteroatoms. The summed E-state index contributed by atoms with van der Waals surface area (Å²) in [4.78, 5) is 38.9. The Morgan fingerprint density at radius 3 is 2.26 bits per heavy atom. The molecule has 0 aliphatic carbocycles. The van der Waals surface area contributed by atoms with Gasteiger partial charge in [-0.15, -0.1) is 0 Å². The quantitative estimate of drug-likeness (QED) is 0.227. The lowest BCUT2D eigenvalue weighted by molar-refractivity contribution is -0.253. The number of hydrogen-bond acceptors (Lipinski definition) is 9. The molecular weight excluding hydrogens is 701 g/mol. The first-order valence-corrected chi connectivity index (χ1v) is 18.2. The fourth-order valence-corrected chi connectivity index (χ4v) is 7.43. The van der Waals surface area contributed by atoms with Crippen LogP contribution in [0.1, 0.15) is 53.9 Å². The maximum Gasteiger partial charge on any atom is 0.471 e. The van der Waals surface area contributed by atoms with Gasteiger partial charge in [-0.2, -0.15) is 13.2 Å². The summed E-state index contributed by atoms with van der Waals surface area (Å²) in [6.07, 6.45) is -1.33. The lowest BCUT2D eigenvalue weighted by atomic mass is 9.97. The number of aromatic nitrogens is 2. The number of hydrogen-bond donors (Lipinski definition) is 2. The molecule has 4 aromatic rings. The van der Waals surface area contributed by atoms with Gasteiger partial charge in [0.1, 0.15) is 6.04 Å². The van der Waals surface area contributed by atoms with Gasteiger partial charge in [0.25, 0.3) is 0 Å². The van der Waals surface area contributed by atoms with E-state index < -0.39 is 30.3 Å². The molecule has 0 unspecified atom stereocenters. The summed E-state index contributed by atoms with van der Waals surface area (Å²) < 4.78 is 52.6. The molecule has 2 amide bonds. The van der Waals surface area contributed by atoms with E-state index in [9.17, 15) is 27.9 Å². The number of rotatable bonds is 10. The summed E-state index contributed by atoms with van der Waals surface area (Å²) in [5.74, 6) is -1.86. The summed E-state index contributed by atoms with van der Waals surface area (Å²) in [7, 11) is 0. The van der Waals surface area contributed by atoms with Crippen molar-refractivity contribution in [3.8, 4) is 11.1 Å². The van der Waals surface area contributed by atoms with E-state index in [1.165, 1.54) is 0 Å². The molecule has 0 saturated carbocycles. The van der Waals surface area contributed by atoms with E-state index in [-0.39, 0.29) is 38.3 Å². The number of carbonyl (C=O) groups excluding carboxylic acids is 2. The number of amides is 2. The molecule has 3 aliphatic rings. The number of piperazine rings is 1. The zero-order valence-electron chi connectivity index (χ0n) is 29.7. The standard InChI is InChI=1S/C40H43F3N6O5/c41-40(42,43)38(52)49-18-3-7-34(49)36(51)46-24-31-5-1-2-6-33(31)28-12-14-30(15-13-28)37-53-32(23-35(54-37)29-10-8-27(26-50)9-11-29)25-47-19-21-48(22-20-47)39-44-16-4-17-45-39/h1-2,4-6,8-17,32,34-35,37,50H,3,7,18-26H2,(H,46,51)/t32-,34-,35+,37+/m0/s1. The Bertz CT molecular complexity index is 1870. The molecule has 3 aromatic carbocycles. The molecule has 4 atom stereocenters. The lowest BCUT2D eigenvalue weighted by Gasteiger charge is -2.40. The Morgan fingerprint density at radius 2 is 1.56 bits per heavy atom. The molecule has 7 rings (SSSR count). The van der Waals surface area contributed by atoms with Crippen molar-refractivity contribution in [2.45, 2.75) is 63.1 Å². The van der Waals surface area contributed by atoms with Crippen molar-refractivity contribution >= 4 is 17.8 Å². The van der Waals surface area contributed by atoms with Gasteiger partial charge in [0.15, 0.2) is 6.29 Å². The third-order valence-electron chi connectivity index (χ3n) is 10.3. The van der Waals surface area contributed by atoms with Crippen LogP contribution in [-0.2, 0) is 32.2 Å². The minimum atomic E-state index is -5.03. The van der Waals surface area contributed by atoms with Crippen LogP contribution in [0.15, 0.2) is 91.3 Å². The third-order valence-corrected chi connectivity index (χ3v) is 10.3. The fourth-order valence-electron chi connectivity index (χ4n) is 7.43. The number of aliphatic hydroxyl groups excluding tert-OH is 1. The van der Waals surface area contributed by atoms with Crippen molar-refractivity contribution in [1.29, 1.82) is 0 Å². The Morgan fingerprint density at radius 1 is 0.852 bits per heavy atom. The summed E-state index contributed by atoms with van der Waals surface area (Å²) in [5.41, 5.74) is 5.18. The van der Waals surface area contributed by atoms with E-state index in [2.05, 4.69) is 25.1 Å². The van der Waals surface area contributed by atoms with Gasteiger partial charge in [0, 0.05) is 70.2 Å². The van der Waals surface area contributed by atoms with E-state index in [0.717, 1.165) is 72.1 Å². The molecule has 4 heterocycles. The molecule has 3 aliphatic heterocycles. The molecule has 54 heavy (non-hydrogen) atoms. The van der Waals surface area contributed by atoms with E-state index in [0.29, 0.717) is 17.7 Å². The van der Waals surface area contributed by atoms with Gasteiger partial charge in [-0.1, -0.05) is 72.8 Å². The third kappa shape index (κ3) is 8.73. The molecule has 284 valence electrons. The summed E-state index contributed by atoms with van der Waals surface area (Å²) in [6.45, 7) is 3.99. The van der Waals surface area contributed by atoms with E-state index in [1.807, 2.05) is 78.9 Å². The molecular formula is C40H43F3N6O5. The number of nitrogens with one attached hydrogen (secondary N) is 1. The van der Waals surface area contributed by atoms with Crippen LogP contribution in [0.3, 0.4) is 0 Å². The largest absolute Gasteiger partial charge is 0.471 e. The van der Waals surface area contributed by atoms with Gasteiger partial charge in [-0.3, -0.25) is 14.5 Å². The van der Waals surface area contributed by atoms with Gasteiger partial charge in [0.2, 0.25) is 11.9 Å². The highest BCUT2D eigenvalue weighted by atomic mass is 19.4. The van der Waals surface area contributed by atoms with Crippen LogP contribution < -0.4 is 10.2 Å². The number of likely N-dealkylation sites (tertiary alicyclic amines) is 1. The van der Waals surface area contributed by atoms with Gasteiger partial charge in [-0.05, 0) is 46.7 Å². The van der Waals surface area contributed by atoms with Crippen molar-refractivity contribution < 1.29 is 37.3 Å². The number of halogens is 3. The second kappa shape index (κ2) is 16.6. The number of carbonyl (C=O) groups is 2. The number of benzene rings is 3. The van der Waals surface area contributed by atoms with E-state index in [1.54, 1.807) is 12.4 Å². The normalized spacial score (nSPS) is 22.3. The van der Waals surface area contributed by atoms with Crippen LogP contribution in [0.2, 0.25) is 0 Å². The van der Waals surface area contributed by atoms with E-state index in [4.69, 9.17) is 9.47 Å². The van der Waals surface area contributed by atoms with Crippen LogP contribution in [0.25, 0.3) is 11.1 Å². The zero-order chi connectivity index (χ0) is 37.7. The zero-order valence-corrected chi connectivity index (χ0v) is 29.7. The molecule has 2 N–H and O–H groups in total. The Labute approximate surface area is 311 Å². The number of ether oxygens (including phenoxy) is 2. The molecule has 3 fully saturated rings. The van der Waals surface area contributed by atoms with Crippen LogP contribution in [0, 0.1) is 0 Å². The average Bonchev–Trinajstić information content (AvgIpc) is 3.70. The van der Waals surface area contributed by atoms with Gasteiger partial charge >= 0.3 is 12.1 Å². The molecule has 3 saturated heterocycles. The number of aliphatic hydroxyl groups is 1. The van der Waals surface area contributed by atoms with E-state index >= 15 is 0 Å². The first-order chi connectivity index (χ1) is 26.2. The van der Waals surface area contributed by atoms with Crippen molar-refractivity contribution in [3.05, 3.63) is 114 Å². The van der Waals surface area contributed by atoms with Crippen molar-refractivity contribution in [1.82, 2.24) is 25.1 Å². The molecule has 11 nitrogen and oxygen atoms in total. The fraction of sp³-hybridized carbons (Fsp3) is 0.400. The lowest BCUT2D eigenvalue weighted by Crippen LogP contribution is -2.50. The minimum Gasteiger partial charge on any atom is -0.392 e. The topological polar surface area (TPSA) is 120 Å². The first-order valence-electron chi connectivity index (χ1n) is 18.2. The maximum atomic E-state index is 13.1. The predicted octanol–water partition coefficient (Wildman–Crippen LogP) is 5.17. The number of nitrogens with zero attached hydrogens (tertiary/aromatic N) is 5. The average molecular weight is 745 g/mol. The van der Waals surface area contributed by atoms with Gasteiger partial charge in [-0.25, -0.2) is 9.97 Å². The van der Waals surface area contributed by atoms with Crippen LogP contribution in [0.5, 0.6) is 0 Å². The molecule has 0 bridgehead atoms. The second-order valence-corrected chi connectivity index (χ2v) is 13.8. The summed E-state index contributed by atoms with van der Waals surface area (Å²) in [5, 5.41) is 12.3. The second-order valence-electron chi connectivity index (χ2n) is 13.8. The van der Waals surface area contributed by atoms with Crippen LogP contribution in [-0.4, -0.2) is 94.3 Å². The van der Waals surface area contributed by atoms with Crippen molar-refractivity contribution in [2.75, 3.05) is 44.2 Å². The SMILES string of the molecule is O=C(NCc1ccccc1-c1ccc([C@@H]2O[C@H](CN3CCN(c4ncccn4)CC3)C[C@H](c3ccc(CO)cc3)O2)cc1)[C@@H]1CCCN1C(=O)C(F)(F)F. The molecule has 0 radical (unpaired) electrons. The minimum absolute atomic E-state index is 0.0376. The Kier molecular flexibility index (Phi) is 11.5. The number of alkyl halides is 3. The van der Waals surface area contributed by atoms with Gasteiger partial charge < -0.3 is 29.7 Å². The van der Waals surface area contributed by atoms with Crippen LogP contribution >= 0.6 is 0 Å². The highest BCUT2D eigenvalue weighted by Gasteiger charge is 2.47. The predicted molar refractivity (Wildman–Crippen MR) is 194 cm³/mol. The molecule has 0 spiro atoms. The molecule has 1 aromatic heterocycles. The van der Waals surface area contributed by atoms with Crippen molar-refractivity contribution in [2.24, 2.45) is 0 Å². The Balaban J connectivity index is 1.03. The highest BCUT2D eigenvalue weighted by Crippen LogP contribution is 2.39. The summed E-state index contributed by atoms with van der Waals surface area (Å²) in [6, 6.07) is 23.8. The monoisotopic (exact) mass is 744 g/mol. The van der Waals surface area contributed by atoms with Crippen molar-refractivity contribution in [3.63, 3.8) is 0 Å². The van der Waals surface area contributed by atoms with Crippen LogP contribution in [0.4, 0.5) is 19.1 Å².